The molecule has 4 aliphatic rings. The molecule has 124 valence electrons. The van der Waals surface area contributed by atoms with Crippen molar-refractivity contribution in [3.63, 3.8) is 0 Å². The number of esters is 1. The lowest BCUT2D eigenvalue weighted by Gasteiger charge is -2.59. The molecule has 2 saturated carbocycles. The molecule has 4 rings (SSSR count). The molecular weight excluding hydrogens is 292 g/mol. The number of aliphatic hydroxyl groups is 1. The maximum absolute atomic E-state index is 11.8. The summed E-state index contributed by atoms with van der Waals surface area (Å²) in [6, 6.07) is 0. The molecule has 4 heteroatoms. The zero-order valence-electron chi connectivity index (χ0n) is 13.7. The van der Waals surface area contributed by atoms with Gasteiger partial charge in [0.05, 0.1) is 12.5 Å². The highest BCUT2D eigenvalue weighted by Gasteiger charge is 2.59. The number of fused-ring (bicyclic) bond motifs is 5. The summed E-state index contributed by atoms with van der Waals surface area (Å²) in [5.41, 5.74) is 0.596. The lowest BCUT2D eigenvalue weighted by molar-refractivity contribution is -0.213. The number of rotatable bonds is 0. The van der Waals surface area contributed by atoms with Crippen LogP contribution in [0.25, 0.3) is 0 Å². The van der Waals surface area contributed by atoms with E-state index in [2.05, 4.69) is 13.0 Å². The van der Waals surface area contributed by atoms with Gasteiger partial charge in [0.2, 0.25) is 0 Å². The van der Waals surface area contributed by atoms with Gasteiger partial charge in [0.25, 0.3) is 0 Å². The summed E-state index contributed by atoms with van der Waals surface area (Å²) in [7, 11) is 0. The summed E-state index contributed by atoms with van der Waals surface area (Å²) >= 11 is 0. The molecule has 0 aromatic carbocycles. The Hall–Kier alpha value is -1.42. The molecule has 0 bridgehead atoms. The molecule has 3 aliphatic carbocycles. The summed E-state index contributed by atoms with van der Waals surface area (Å²) in [5, 5.41) is 10.6. The quantitative estimate of drug-likeness (QED) is 0.698. The van der Waals surface area contributed by atoms with Gasteiger partial charge in [-0.2, -0.15) is 0 Å². The topological polar surface area (TPSA) is 63.6 Å². The highest BCUT2D eigenvalue weighted by molar-refractivity contribution is 6.01. The molecule has 1 heterocycles. The minimum Gasteiger partial charge on any atom is -0.459 e. The van der Waals surface area contributed by atoms with Crippen molar-refractivity contribution in [3.8, 4) is 0 Å². The smallest absolute Gasteiger partial charge is 0.308 e. The van der Waals surface area contributed by atoms with Crippen LogP contribution in [0, 0.1) is 23.2 Å². The summed E-state index contributed by atoms with van der Waals surface area (Å²) in [6.45, 7) is 4.21. The van der Waals surface area contributed by atoms with Crippen molar-refractivity contribution < 1.29 is 19.4 Å². The van der Waals surface area contributed by atoms with Gasteiger partial charge in [-0.1, -0.05) is 18.6 Å². The van der Waals surface area contributed by atoms with Gasteiger partial charge in [-0.3, -0.25) is 9.59 Å². The van der Waals surface area contributed by atoms with Crippen LogP contribution < -0.4 is 0 Å². The van der Waals surface area contributed by atoms with Crippen molar-refractivity contribution in [2.24, 2.45) is 23.2 Å². The van der Waals surface area contributed by atoms with Crippen LogP contribution in [0.15, 0.2) is 23.8 Å². The molecule has 4 nitrogen and oxygen atoms in total. The lowest BCUT2D eigenvalue weighted by atomic mass is 9.49. The first-order valence-corrected chi connectivity index (χ1v) is 8.68. The fourth-order valence-corrected chi connectivity index (χ4v) is 5.83. The molecule has 0 spiro atoms. The molecule has 1 saturated heterocycles. The number of allylic oxidation sites excluding steroid dienone is 4. The molecule has 6 atom stereocenters. The van der Waals surface area contributed by atoms with Crippen LogP contribution >= 0.6 is 0 Å². The molecule has 6 unspecified atom stereocenters. The number of ketones is 1. The van der Waals surface area contributed by atoms with E-state index in [1.165, 1.54) is 5.57 Å². The lowest BCUT2D eigenvalue weighted by Crippen LogP contribution is -2.60. The van der Waals surface area contributed by atoms with Gasteiger partial charge in [-0.05, 0) is 56.6 Å². The summed E-state index contributed by atoms with van der Waals surface area (Å²) in [5.74, 6) is 0.542. The first-order valence-electron chi connectivity index (χ1n) is 8.68. The summed E-state index contributed by atoms with van der Waals surface area (Å²) < 4.78 is 5.70. The Morgan fingerprint density at radius 1 is 1.26 bits per heavy atom. The third-order valence-electron chi connectivity index (χ3n) is 6.89. The molecule has 3 fully saturated rings. The van der Waals surface area contributed by atoms with E-state index in [4.69, 9.17) is 4.74 Å². The number of hydrogen-bond acceptors (Lipinski definition) is 4. The molecule has 0 aromatic rings. The van der Waals surface area contributed by atoms with Gasteiger partial charge < -0.3 is 9.84 Å². The van der Waals surface area contributed by atoms with Crippen molar-refractivity contribution in [1.29, 1.82) is 0 Å². The van der Waals surface area contributed by atoms with Crippen LogP contribution in [0.4, 0.5) is 0 Å². The van der Waals surface area contributed by atoms with Crippen LogP contribution in [0.1, 0.15) is 46.0 Å². The summed E-state index contributed by atoms with van der Waals surface area (Å²) in [6.07, 6.45) is 8.66. The maximum Gasteiger partial charge on any atom is 0.308 e. The molecule has 0 radical (unpaired) electrons. The Bertz CT molecular complexity index is 633. The largest absolute Gasteiger partial charge is 0.459 e. The number of ether oxygens (including phenoxy) is 1. The van der Waals surface area contributed by atoms with Crippen molar-refractivity contribution in [1.82, 2.24) is 0 Å². The van der Waals surface area contributed by atoms with Crippen molar-refractivity contribution in [2.75, 3.05) is 0 Å². The van der Waals surface area contributed by atoms with Crippen LogP contribution in [0.3, 0.4) is 0 Å². The molecule has 1 aliphatic heterocycles. The monoisotopic (exact) mass is 316 g/mol. The van der Waals surface area contributed by atoms with Gasteiger partial charge in [-0.25, -0.2) is 0 Å². The molecule has 0 aromatic heterocycles. The fourth-order valence-electron chi connectivity index (χ4n) is 5.83. The predicted molar refractivity (Wildman–Crippen MR) is 84.4 cm³/mol. The second-order valence-corrected chi connectivity index (χ2v) is 8.12. The third-order valence-corrected chi connectivity index (χ3v) is 6.89. The maximum atomic E-state index is 11.8. The average molecular weight is 316 g/mol. The van der Waals surface area contributed by atoms with E-state index >= 15 is 0 Å². The number of carbonyl (C=O) groups excluding carboxylic acids is 2. The Morgan fingerprint density at radius 2 is 2.04 bits per heavy atom. The van der Waals surface area contributed by atoms with E-state index in [1.807, 2.05) is 6.92 Å². The second-order valence-electron chi connectivity index (χ2n) is 8.12. The van der Waals surface area contributed by atoms with Crippen LogP contribution in [0.5, 0.6) is 0 Å². The predicted octanol–water partition coefficient (Wildman–Crippen LogP) is 2.56. The van der Waals surface area contributed by atoms with Gasteiger partial charge in [0.15, 0.2) is 5.78 Å². The third kappa shape index (κ3) is 2.07. The average Bonchev–Trinajstić information content (AvgIpc) is 2.46. The van der Waals surface area contributed by atoms with Crippen LogP contribution in [-0.2, 0) is 14.3 Å². The number of hydrogen-bond donors (Lipinski definition) is 1. The second kappa shape index (κ2) is 4.79. The Kier molecular flexibility index (Phi) is 3.15. The van der Waals surface area contributed by atoms with Crippen LogP contribution in [0.2, 0.25) is 0 Å². The van der Waals surface area contributed by atoms with E-state index in [0.29, 0.717) is 11.8 Å². The minimum atomic E-state index is -0.614. The van der Waals surface area contributed by atoms with E-state index in [9.17, 15) is 14.7 Å². The first-order chi connectivity index (χ1) is 10.8. The fraction of sp³-hybridized carbons (Fsp3) is 0.684. The van der Waals surface area contributed by atoms with E-state index in [-0.39, 0.29) is 29.5 Å². The van der Waals surface area contributed by atoms with E-state index in [0.717, 1.165) is 25.7 Å². The van der Waals surface area contributed by atoms with E-state index < -0.39 is 11.7 Å². The molecular formula is C19H24O4. The Balaban J connectivity index is 1.71. The van der Waals surface area contributed by atoms with E-state index in [1.54, 1.807) is 12.2 Å². The van der Waals surface area contributed by atoms with Gasteiger partial charge in [0, 0.05) is 11.3 Å². The minimum absolute atomic E-state index is 0.00310. The molecule has 1 N–H and O–H groups in total. The van der Waals surface area contributed by atoms with Crippen molar-refractivity contribution >= 4 is 11.8 Å². The van der Waals surface area contributed by atoms with Crippen molar-refractivity contribution in [2.45, 2.75) is 57.7 Å². The van der Waals surface area contributed by atoms with Crippen molar-refractivity contribution in [3.05, 3.63) is 23.8 Å². The SMILES string of the molecule is CC12CCC3C(CCC4=CC(=O)C=CC43C)C1C(O)CC(=O)O2. The highest BCUT2D eigenvalue weighted by Crippen LogP contribution is 2.60. The Morgan fingerprint density at radius 3 is 2.83 bits per heavy atom. The molecule has 23 heavy (non-hydrogen) atoms. The van der Waals surface area contributed by atoms with Gasteiger partial charge in [-0.15, -0.1) is 0 Å². The first kappa shape index (κ1) is 15.1. The number of aliphatic hydroxyl groups excluding tert-OH is 1. The highest BCUT2D eigenvalue weighted by atomic mass is 16.6. The Labute approximate surface area is 136 Å². The number of carbonyl (C=O) groups is 2. The van der Waals surface area contributed by atoms with Gasteiger partial charge in [0.1, 0.15) is 5.60 Å². The molecule has 0 amide bonds. The summed E-state index contributed by atoms with van der Waals surface area (Å²) in [4.78, 5) is 23.5. The van der Waals surface area contributed by atoms with Crippen LogP contribution in [-0.4, -0.2) is 28.6 Å². The zero-order chi connectivity index (χ0) is 16.4. The standard InChI is InChI=1S/C19H24O4/c1-18-7-5-12(20)9-11(18)3-4-13-14(18)6-8-19(2)17(13)15(21)10-16(22)23-19/h5,7,9,13-15,17,21H,3-4,6,8,10H2,1-2H3. The zero-order valence-corrected chi connectivity index (χ0v) is 13.7. The normalized spacial score (nSPS) is 48.7. The van der Waals surface area contributed by atoms with Gasteiger partial charge >= 0.3 is 5.97 Å².